The van der Waals surface area contributed by atoms with Crippen LogP contribution < -0.4 is 10.1 Å². The van der Waals surface area contributed by atoms with Gasteiger partial charge in [0.2, 0.25) is 0 Å². The van der Waals surface area contributed by atoms with E-state index in [-0.39, 0.29) is 18.6 Å². The SMILES string of the molecule is O=Cc1cccc(NC(=O)COc2cccc([C@H](c3ccccc3)N(C(=O)O)C3CN4CCC3CC4)c2)c1. The van der Waals surface area contributed by atoms with Crippen molar-refractivity contribution in [2.75, 3.05) is 31.6 Å². The quantitative estimate of drug-likeness (QED) is 0.403. The molecular formula is C30H31N3O5. The van der Waals surface area contributed by atoms with E-state index in [4.69, 9.17) is 4.74 Å². The lowest BCUT2D eigenvalue weighted by Crippen LogP contribution is -2.59. The molecule has 2 bridgehead atoms. The highest BCUT2D eigenvalue weighted by Crippen LogP contribution is 2.39. The Hall–Kier alpha value is -4.17. The van der Waals surface area contributed by atoms with Crippen molar-refractivity contribution in [3.63, 3.8) is 0 Å². The smallest absolute Gasteiger partial charge is 0.408 e. The Morgan fingerprint density at radius 3 is 2.42 bits per heavy atom. The standard InChI is InChI=1S/C30H31N3O5/c34-19-21-6-4-10-25(16-21)31-28(35)20-38-26-11-5-9-24(17-26)29(23-7-2-1-3-8-23)33(30(36)37)27-18-32-14-12-22(27)13-15-32/h1-11,16-17,19,22,27,29H,12-15,18,20H2,(H,31,35)(H,36,37)/t27?,29-/m0/s1. The van der Waals surface area contributed by atoms with Gasteiger partial charge in [0.15, 0.2) is 6.61 Å². The second-order valence-corrected chi connectivity index (χ2v) is 9.86. The molecule has 3 aromatic carbocycles. The minimum Gasteiger partial charge on any atom is -0.484 e. The summed E-state index contributed by atoms with van der Waals surface area (Å²) in [6.07, 6.45) is 1.78. The number of carbonyl (C=O) groups is 3. The van der Waals surface area contributed by atoms with Gasteiger partial charge in [-0.25, -0.2) is 4.79 Å². The van der Waals surface area contributed by atoms with Crippen molar-refractivity contribution in [3.8, 4) is 5.75 Å². The van der Waals surface area contributed by atoms with Gasteiger partial charge in [-0.15, -0.1) is 0 Å². The summed E-state index contributed by atoms with van der Waals surface area (Å²) in [5, 5.41) is 13.2. The zero-order valence-electron chi connectivity index (χ0n) is 21.0. The van der Waals surface area contributed by atoms with Crippen LogP contribution in [0.5, 0.6) is 5.75 Å². The summed E-state index contributed by atoms with van der Waals surface area (Å²) in [5.41, 5.74) is 2.65. The minimum atomic E-state index is -0.944. The first kappa shape index (κ1) is 25.5. The van der Waals surface area contributed by atoms with Crippen LogP contribution in [0.3, 0.4) is 0 Å². The van der Waals surface area contributed by atoms with Gasteiger partial charge in [0, 0.05) is 17.8 Å². The Balaban J connectivity index is 1.37. The molecule has 0 spiro atoms. The van der Waals surface area contributed by atoms with Gasteiger partial charge < -0.3 is 20.1 Å². The zero-order chi connectivity index (χ0) is 26.5. The first-order valence-electron chi connectivity index (χ1n) is 12.9. The lowest BCUT2D eigenvalue weighted by atomic mass is 9.81. The third-order valence-corrected chi connectivity index (χ3v) is 7.44. The van der Waals surface area contributed by atoms with Gasteiger partial charge in [-0.2, -0.15) is 0 Å². The number of benzene rings is 3. The van der Waals surface area contributed by atoms with Crippen LogP contribution in [0.15, 0.2) is 78.9 Å². The number of nitrogens with zero attached hydrogens (tertiary/aromatic N) is 2. The molecule has 196 valence electrons. The van der Waals surface area contributed by atoms with Crippen molar-refractivity contribution >= 4 is 24.0 Å². The van der Waals surface area contributed by atoms with E-state index in [0.717, 1.165) is 49.9 Å². The van der Waals surface area contributed by atoms with Crippen LogP contribution in [0.1, 0.15) is 40.4 Å². The fourth-order valence-corrected chi connectivity index (χ4v) is 5.65. The van der Waals surface area contributed by atoms with Crippen molar-refractivity contribution in [1.29, 1.82) is 0 Å². The van der Waals surface area contributed by atoms with Gasteiger partial charge in [0.25, 0.3) is 5.91 Å². The largest absolute Gasteiger partial charge is 0.484 e. The Morgan fingerprint density at radius 2 is 1.74 bits per heavy atom. The number of carboxylic acid groups (broad SMARTS) is 1. The van der Waals surface area contributed by atoms with Crippen LogP contribution in [0.2, 0.25) is 0 Å². The highest BCUT2D eigenvalue weighted by molar-refractivity contribution is 5.92. The second kappa shape index (κ2) is 11.5. The van der Waals surface area contributed by atoms with E-state index in [1.807, 2.05) is 48.5 Å². The zero-order valence-corrected chi connectivity index (χ0v) is 21.0. The Bertz CT molecular complexity index is 1290. The van der Waals surface area contributed by atoms with Crippen molar-refractivity contribution in [1.82, 2.24) is 9.80 Å². The summed E-state index contributed by atoms with van der Waals surface area (Å²) in [6.45, 7) is 2.56. The number of fused-ring (bicyclic) bond motifs is 3. The minimum absolute atomic E-state index is 0.0994. The molecule has 2 amide bonds. The molecule has 3 heterocycles. The van der Waals surface area contributed by atoms with E-state index in [1.165, 1.54) is 0 Å². The number of nitrogens with one attached hydrogen (secondary N) is 1. The number of hydrogen-bond donors (Lipinski definition) is 2. The molecule has 3 aliphatic rings. The maximum atomic E-state index is 12.8. The maximum Gasteiger partial charge on any atom is 0.408 e. The van der Waals surface area contributed by atoms with Crippen molar-refractivity contribution < 1.29 is 24.2 Å². The predicted octanol–water partition coefficient (Wildman–Crippen LogP) is 4.68. The number of aldehydes is 1. The van der Waals surface area contributed by atoms with E-state index >= 15 is 0 Å². The molecule has 0 aliphatic carbocycles. The first-order valence-corrected chi connectivity index (χ1v) is 12.9. The van der Waals surface area contributed by atoms with Crippen LogP contribution in [-0.2, 0) is 4.79 Å². The van der Waals surface area contributed by atoms with Crippen molar-refractivity contribution in [2.24, 2.45) is 5.92 Å². The third kappa shape index (κ3) is 5.70. The molecule has 2 atom stereocenters. The lowest BCUT2D eigenvalue weighted by Gasteiger charge is -2.50. The summed E-state index contributed by atoms with van der Waals surface area (Å²) in [5.74, 6) is 0.445. The average molecular weight is 514 g/mol. The van der Waals surface area contributed by atoms with E-state index in [1.54, 1.807) is 35.2 Å². The summed E-state index contributed by atoms with van der Waals surface area (Å²) >= 11 is 0. The molecule has 2 N–H and O–H groups in total. The second-order valence-electron chi connectivity index (χ2n) is 9.86. The van der Waals surface area contributed by atoms with E-state index in [2.05, 4.69) is 10.2 Å². The van der Waals surface area contributed by atoms with Gasteiger partial charge in [0.1, 0.15) is 12.0 Å². The number of rotatable bonds is 9. The number of carbonyl (C=O) groups excluding carboxylic acids is 2. The number of anilines is 1. The summed E-state index contributed by atoms with van der Waals surface area (Å²) in [4.78, 5) is 40.2. The summed E-state index contributed by atoms with van der Waals surface area (Å²) in [6, 6.07) is 23.0. The molecule has 0 radical (unpaired) electrons. The molecule has 3 aliphatic heterocycles. The van der Waals surface area contributed by atoms with Gasteiger partial charge in [0.05, 0.1) is 12.1 Å². The summed E-state index contributed by atoms with van der Waals surface area (Å²) in [7, 11) is 0. The lowest BCUT2D eigenvalue weighted by molar-refractivity contribution is -0.118. The molecule has 8 nitrogen and oxygen atoms in total. The molecule has 8 heteroatoms. The molecular weight excluding hydrogens is 482 g/mol. The van der Waals surface area contributed by atoms with Crippen LogP contribution in [0.4, 0.5) is 10.5 Å². The Morgan fingerprint density at radius 1 is 1.00 bits per heavy atom. The highest BCUT2D eigenvalue weighted by atomic mass is 16.5. The average Bonchev–Trinajstić information content (AvgIpc) is 2.96. The van der Waals surface area contributed by atoms with Crippen LogP contribution in [0.25, 0.3) is 0 Å². The predicted molar refractivity (Wildman–Crippen MR) is 143 cm³/mol. The van der Waals surface area contributed by atoms with Crippen LogP contribution in [-0.4, -0.2) is 65.5 Å². The number of ether oxygens (including phenoxy) is 1. The van der Waals surface area contributed by atoms with E-state index in [9.17, 15) is 19.5 Å². The molecule has 3 aromatic rings. The Labute approximate surface area is 221 Å². The van der Waals surface area contributed by atoms with Crippen molar-refractivity contribution in [2.45, 2.75) is 24.9 Å². The normalized spacial score (nSPS) is 20.8. The highest BCUT2D eigenvalue weighted by Gasteiger charge is 2.43. The number of piperidine rings is 3. The van der Waals surface area contributed by atoms with Gasteiger partial charge in [-0.3, -0.25) is 14.5 Å². The molecule has 1 unspecified atom stereocenters. The van der Waals surface area contributed by atoms with E-state index in [0.29, 0.717) is 22.9 Å². The monoisotopic (exact) mass is 513 g/mol. The molecule has 3 fully saturated rings. The fraction of sp³-hybridized carbons (Fsp3) is 0.300. The summed E-state index contributed by atoms with van der Waals surface area (Å²) < 4.78 is 5.80. The number of hydrogen-bond acceptors (Lipinski definition) is 5. The molecule has 6 rings (SSSR count). The molecule has 38 heavy (non-hydrogen) atoms. The van der Waals surface area contributed by atoms with Crippen molar-refractivity contribution in [3.05, 3.63) is 95.6 Å². The molecule has 0 aromatic heterocycles. The van der Waals surface area contributed by atoms with Gasteiger partial charge in [-0.05, 0) is 67.2 Å². The van der Waals surface area contributed by atoms with E-state index < -0.39 is 12.1 Å². The fourth-order valence-electron chi connectivity index (χ4n) is 5.65. The molecule has 0 saturated carbocycles. The van der Waals surface area contributed by atoms with Gasteiger partial charge >= 0.3 is 6.09 Å². The van der Waals surface area contributed by atoms with Crippen LogP contribution >= 0.6 is 0 Å². The van der Waals surface area contributed by atoms with Gasteiger partial charge in [-0.1, -0.05) is 54.6 Å². The van der Waals surface area contributed by atoms with Crippen LogP contribution in [0, 0.1) is 5.92 Å². The molecule has 3 saturated heterocycles. The maximum absolute atomic E-state index is 12.8. The Kier molecular flexibility index (Phi) is 7.70. The topological polar surface area (TPSA) is 99.2 Å². The first-order chi connectivity index (χ1) is 18.5. The number of amides is 2. The third-order valence-electron chi connectivity index (χ3n) is 7.44.